The van der Waals surface area contributed by atoms with Gasteiger partial charge in [0.15, 0.2) is 0 Å². The van der Waals surface area contributed by atoms with Gasteiger partial charge in [0.2, 0.25) is 0 Å². The number of rotatable bonds is 6. The first-order valence-electron chi connectivity index (χ1n) is 6.97. The molecule has 1 heterocycles. The summed E-state index contributed by atoms with van der Waals surface area (Å²) in [5, 5.41) is 28.3. The Morgan fingerprint density at radius 2 is 2.29 bits per heavy atom. The van der Waals surface area contributed by atoms with Crippen molar-refractivity contribution in [1.82, 2.24) is 4.90 Å². The van der Waals surface area contributed by atoms with Gasteiger partial charge in [0, 0.05) is 13.1 Å². The maximum Gasteiger partial charge on any atom is 0.137 e. The molecular formula is C15H20N2O4. The lowest BCUT2D eigenvalue weighted by Crippen LogP contribution is -2.50. The number of nitriles is 1. The molecule has 1 aromatic rings. The summed E-state index contributed by atoms with van der Waals surface area (Å²) in [7, 11) is 0. The van der Waals surface area contributed by atoms with Gasteiger partial charge in [-0.3, -0.25) is 4.90 Å². The van der Waals surface area contributed by atoms with E-state index in [1.165, 1.54) is 0 Å². The normalized spacial score (nSPS) is 20.7. The average Bonchev–Trinajstić information content (AvgIpc) is 2.53. The Morgan fingerprint density at radius 1 is 1.48 bits per heavy atom. The van der Waals surface area contributed by atoms with Gasteiger partial charge in [0.25, 0.3) is 0 Å². The van der Waals surface area contributed by atoms with Crippen molar-refractivity contribution in [3.8, 4) is 11.8 Å². The molecule has 114 valence electrons. The Bertz CT molecular complexity index is 489. The molecule has 0 spiro atoms. The van der Waals surface area contributed by atoms with Crippen LogP contribution in [0.15, 0.2) is 24.3 Å². The van der Waals surface area contributed by atoms with Gasteiger partial charge in [0.05, 0.1) is 31.4 Å². The smallest absolute Gasteiger partial charge is 0.137 e. The van der Waals surface area contributed by atoms with E-state index < -0.39 is 6.10 Å². The number of aliphatic hydroxyl groups excluding tert-OH is 2. The zero-order chi connectivity index (χ0) is 15.1. The van der Waals surface area contributed by atoms with E-state index in [9.17, 15) is 10.2 Å². The van der Waals surface area contributed by atoms with Crippen LogP contribution in [0.3, 0.4) is 0 Å². The van der Waals surface area contributed by atoms with Gasteiger partial charge in [-0.2, -0.15) is 5.26 Å². The summed E-state index contributed by atoms with van der Waals surface area (Å²) in [6.07, 6.45) is -0.691. The second kappa shape index (κ2) is 7.96. The van der Waals surface area contributed by atoms with E-state index in [-0.39, 0.29) is 19.3 Å². The molecule has 2 atom stereocenters. The molecule has 6 nitrogen and oxygen atoms in total. The molecule has 1 aliphatic heterocycles. The van der Waals surface area contributed by atoms with Crippen LogP contribution in [0.4, 0.5) is 0 Å². The number of nitrogens with zero attached hydrogens (tertiary/aromatic N) is 2. The predicted octanol–water partition coefficient (Wildman–Crippen LogP) is -0.00892. The minimum atomic E-state index is -0.691. The van der Waals surface area contributed by atoms with Crippen molar-refractivity contribution in [2.45, 2.75) is 12.1 Å². The summed E-state index contributed by atoms with van der Waals surface area (Å²) in [5.41, 5.74) is 0.448. The lowest BCUT2D eigenvalue weighted by Gasteiger charge is -2.35. The monoisotopic (exact) mass is 292 g/mol. The van der Waals surface area contributed by atoms with E-state index in [1.807, 2.05) is 4.90 Å². The lowest BCUT2D eigenvalue weighted by atomic mass is 10.2. The number of β-amino-alcohol motifs (C(OH)–C–C–N with tert-alkyl or cyclic N) is 1. The Balaban J connectivity index is 1.84. The van der Waals surface area contributed by atoms with E-state index >= 15 is 0 Å². The molecule has 1 aliphatic rings. The zero-order valence-corrected chi connectivity index (χ0v) is 11.8. The third kappa shape index (κ3) is 4.41. The van der Waals surface area contributed by atoms with Crippen molar-refractivity contribution in [3.05, 3.63) is 29.8 Å². The molecule has 2 N–H and O–H groups in total. The number of aliphatic hydroxyl groups is 2. The number of morpholine rings is 1. The third-order valence-electron chi connectivity index (χ3n) is 3.44. The number of benzene rings is 1. The summed E-state index contributed by atoms with van der Waals surface area (Å²) in [6, 6.07) is 8.89. The minimum Gasteiger partial charge on any atom is -0.489 e. The summed E-state index contributed by atoms with van der Waals surface area (Å²) in [5.74, 6) is 0.472. The number of hydrogen-bond donors (Lipinski definition) is 2. The highest BCUT2D eigenvalue weighted by Crippen LogP contribution is 2.17. The van der Waals surface area contributed by atoms with Gasteiger partial charge in [0.1, 0.15) is 24.5 Å². The molecule has 1 saturated heterocycles. The molecule has 2 unspecified atom stereocenters. The molecule has 0 amide bonds. The van der Waals surface area contributed by atoms with Crippen molar-refractivity contribution < 1.29 is 19.7 Å². The Labute approximate surface area is 124 Å². The number of ether oxygens (including phenoxy) is 2. The molecule has 0 saturated carbocycles. The molecule has 2 rings (SSSR count). The summed E-state index contributed by atoms with van der Waals surface area (Å²) in [6.45, 7) is 2.27. The average molecular weight is 292 g/mol. The van der Waals surface area contributed by atoms with Crippen molar-refractivity contribution in [2.75, 3.05) is 39.5 Å². The van der Waals surface area contributed by atoms with E-state index in [2.05, 4.69) is 6.07 Å². The largest absolute Gasteiger partial charge is 0.489 e. The molecular weight excluding hydrogens is 272 g/mol. The van der Waals surface area contributed by atoms with E-state index in [0.29, 0.717) is 37.6 Å². The molecule has 0 aromatic heterocycles. The van der Waals surface area contributed by atoms with Gasteiger partial charge in [-0.05, 0) is 12.1 Å². The fourth-order valence-electron chi connectivity index (χ4n) is 2.29. The van der Waals surface area contributed by atoms with Crippen LogP contribution in [0.2, 0.25) is 0 Å². The number of para-hydroxylation sites is 1. The second-order valence-electron chi connectivity index (χ2n) is 4.98. The third-order valence-corrected chi connectivity index (χ3v) is 3.44. The van der Waals surface area contributed by atoms with Gasteiger partial charge >= 0.3 is 0 Å². The molecule has 6 heteroatoms. The quantitative estimate of drug-likeness (QED) is 0.767. The topological polar surface area (TPSA) is 86.0 Å². The summed E-state index contributed by atoms with van der Waals surface area (Å²) >= 11 is 0. The lowest BCUT2D eigenvalue weighted by molar-refractivity contribution is -0.0481. The molecule has 0 bridgehead atoms. The van der Waals surface area contributed by atoms with Crippen LogP contribution < -0.4 is 4.74 Å². The van der Waals surface area contributed by atoms with Crippen LogP contribution >= 0.6 is 0 Å². The van der Waals surface area contributed by atoms with Crippen LogP contribution in [-0.2, 0) is 4.74 Å². The first kappa shape index (κ1) is 15.7. The van der Waals surface area contributed by atoms with Gasteiger partial charge < -0.3 is 19.7 Å². The van der Waals surface area contributed by atoms with Gasteiger partial charge in [-0.25, -0.2) is 0 Å². The first-order chi connectivity index (χ1) is 10.2. The van der Waals surface area contributed by atoms with E-state index in [4.69, 9.17) is 14.7 Å². The Hall–Kier alpha value is -1.65. The molecule has 1 fully saturated rings. The predicted molar refractivity (Wildman–Crippen MR) is 75.9 cm³/mol. The van der Waals surface area contributed by atoms with Gasteiger partial charge in [-0.15, -0.1) is 0 Å². The fraction of sp³-hybridized carbons (Fsp3) is 0.533. The van der Waals surface area contributed by atoms with Gasteiger partial charge in [-0.1, -0.05) is 12.1 Å². The van der Waals surface area contributed by atoms with Crippen molar-refractivity contribution in [3.63, 3.8) is 0 Å². The molecule has 0 aliphatic carbocycles. The Kier molecular flexibility index (Phi) is 5.96. The SMILES string of the molecule is N#Cc1ccccc1OCC(O)CN1CCOCC1CO. The standard InChI is InChI=1S/C15H20N2O4/c16-7-12-3-1-2-4-15(12)21-11-14(19)8-17-5-6-20-10-13(17)9-18/h1-4,13-14,18-19H,5-6,8-11H2. The Morgan fingerprint density at radius 3 is 3.05 bits per heavy atom. The van der Waals surface area contributed by atoms with E-state index in [1.54, 1.807) is 24.3 Å². The zero-order valence-electron chi connectivity index (χ0n) is 11.8. The van der Waals surface area contributed by atoms with Crippen molar-refractivity contribution >= 4 is 0 Å². The van der Waals surface area contributed by atoms with Crippen molar-refractivity contribution in [2.24, 2.45) is 0 Å². The van der Waals surface area contributed by atoms with Crippen LogP contribution in [0.5, 0.6) is 5.75 Å². The molecule has 21 heavy (non-hydrogen) atoms. The summed E-state index contributed by atoms with van der Waals surface area (Å²) in [4.78, 5) is 1.99. The highest BCUT2D eigenvalue weighted by Gasteiger charge is 2.24. The van der Waals surface area contributed by atoms with Crippen molar-refractivity contribution in [1.29, 1.82) is 5.26 Å². The maximum absolute atomic E-state index is 10.1. The molecule has 0 radical (unpaired) electrons. The number of hydrogen-bond acceptors (Lipinski definition) is 6. The highest BCUT2D eigenvalue weighted by atomic mass is 16.5. The minimum absolute atomic E-state index is 0.00480. The highest BCUT2D eigenvalue weighted by molar-refractivity contribution is 5.42. The fourth-order valence-corrected chi connectivity index (χ4v) is 2.29. The van der Waals surface area contributed by atoms with Crippen LogP contribution in [-0.4, -0.2) is 66.8 Å². The maximum atomic E-state index is 10.1. The van der Waals surface area contributed by atoms with Crippen LogP contribution in [0, 0.1) is 11.3 Å². The first-order valence-corrected chi connectivity index (χ1v) is 6.97. The summed E-state index contributed by atoms with van der Waals surface area (Å²) < 4.78 is 10.8. The second-order valence-corrected chi connectivity index (χ2v) is 4.98. The molecule has 1 aromatic carbocycles. The van der Waals surface area contributed by atoms with Crippen LogP contribution in [0.25, 0.3) is 0 Å². The van der Waals surface area contributed by atoms with Crippen LogP contribution in [0.1, 0.15) is 5.56 Å². The van der Waals surface area contributed by atoms with E-state index in [0.717, 1.165) is 0 Å².